The van der Waals surface area contributed by atoms with Gasteiger partial charge in [-0.05, 0) is 36.4 Å². The van der Waals surface area contributed by atoms with Crippen molar-refractivity contribution in [1.29, 1.82) is 0 Å². The SMILES string of the molecule is O=C(c1ncccc1-n1cnc(Cn2nc(-c3ccc(Cl)cc3)n(C[C@@H](O)C(F)(F)F)c2=O)n1)N1CCC(O)(C(F)(F)F)C1. The first-order valence-corrected chi connectivity index (χ1v) is 13.1. The number of pyridine rings is 1. The number of hydrogen-bond acceptors (Lipinski definition) is 8. The summed E-state index contributed by atoms with van der Waals surface area (Å²) in [4.78, 5) is 35.1. The van der Waals surface area contributed by atoms with Gasteiger partial charge in [0.2, 0.25) is 0 Å². The lowest BCUT2D eigenvalue weighted by atomic mass is 10.0. The number of carbonyl (C=O) groups is 1. The van der Waals surface area contributed by atoms with E-state index in [0.29, 0.717) is 9.59 Å². The molecule has 1 aromatic carbocycles. The van der Waals surface area contributed by atoms with Crippen molar-refractivity contribution in [1.82, 2.24) is 39.0 Å². The lowest BCUT2D eigenvalue weighted by molar-refractivity contribution is -0.253. The van der Waals surface area contributed by atoms with Crippen LogP contribution in [0.2, 0.25) is 5.02 Å². The first-order valence-electron chi connectivity index (χ1n) is 12.7. The molecule has 234 valence electrons. The van der Waals surface area contributed by atoms with E-state index < -0.39 is 61.7 Å². The van der Waals surface area contributed by atoms with Gasteiger partial charge in [-0.3, -0.25) is 9.36 Å². The number of nitrogens with zero attached hydrogens (tertiary/aromatic N) is 8. The summed E-state index contributed by atoms with van der Waals surface area (Å²) < 4.78 is 81.7. The number of aliphatic hydroxyl groups excluding tert-OH is 1. The zero-order chi connectivity index (χ0) is 32.0. The maximum absolute atomic E-state index is 13.3. The fourth-order valence-corrected chi connectivity index (χ4v) is 4.64. The van der Waals surface area contributed by atoms with Gasteiger partial charge in [0.25, 0.3) is 5.91 Å². The topological polar surface area (TPSA) is 144 Å². The number of halogens is 7. The summed E-state index contributed by atoms with van der Waals surface area (Å²) in [6.07, 6.45) is -11.2. The van der Waals surface area contributed by atoms with Crippen LogP contribution in [-0.4, -0.2) is 92.3 Å². The summed E-state index contributed by atoms with van der Waals surface area (Å²) in [5, 5.41) is 28.2. The van der Waals surface area contributed by atoms with Crippen molar-refractivity contribution in [3.8, 4) is 17.1 Å². The van der Waals surface area contributed by atoms with Crippen molar-refractivity contribution in [3.05, 3.63) is 75.9 Å². The number of alkyl halides is 6. The molecular formula is C25H21ClF6N8O4. The predicted octanol–water partition coefficient (Wildman–Crippen LogP) is 2.45. The van der Waals surface area contributed by atoms with Gasteiger partial charge in [-0.25, -0.2) is 24.1 Å². The molecule has 0 bridgehead atoms. The Balaban J connectivity index is 1.43. The quantitative estimate of drug-likeness (QED) is 0.292. The maximum Gasteiger partial charge on any atom is 0.419 e. The Kier molecular flexibility index (Phi) is 8.02. The second kappa shape index (κ2) is 11.3. The van der Waals surface area contributed by atoms with Crippen molar-refractivity contribution in [3.63, 3.8) is 0 Å². The minimum Gasteiger partial charge on any atom is -0.382 e. The average Bonchev–Trinajstić information content (AvgIpc) is 3.67. The van der Waals surface area contributed by atoms with Crippen LogP contribution in [0.25, 0.3) is 17.1 Å². The van der Waals surface area contributed by atoms with Crippen LogP contribution in [0.5, 0.6) is 0 Å². The van der Waals surface area contributed by atoms with Crippen molar-refractivity contribution in [2.75, 3.05) is 13.1 Å². The van der Waals surface area contributed by atoms with E-state index in [9.17, 15) is 46.1 Å². The second-order valence-electron chi connectivity index (χ2n) is 9.92. The van der Waals surface area contributed by atoms with E-state index in [0.717, 1.165) is 20.6 Å². The molecule has 1 aliphatic heterocycles. The Morgan fingerprint density at radius 1 is 1.07 bits per heavy atom. The predicted molar refractivity (Wildman–Crippen MR) is 139 cm³/mol. The van der Waals surface area contributed by atoms with Crippen LogP contribution >= 0.6 is 11.6 Å². The first-order chi connectivity index (χ1) is 20.6. The molecule has 0 radical (unpaired) electrons. The summed E-state index contributed by atoms with van der Waals surface area (Å²) in [5.41, 5.74) is -4.11. The molecule has 2 atom stereocenters. The average molecular weight is 647 g/mol. The first kappa shape index (κ1) is 31.1. The van der Waals surface area contributed by atoms with Crippen LogP contribution in [0.4, 0.5) is 26.3 Å². The number of aliphatic hydroxyl groups is 2. The van der Waals surface area contributed by atoms with Gasteiger partial charge < -0.3 is 15.1 Å². The largest absolute Gasteiger partial charge is 0.419 e. The molecule has 1 saturated heterocycles. The standard InChI is InChI=1S/C25H21ClF6N8O4/c26-15-5-3-14(4-6-15)20-36-39(22(43)38(20)10-17(41)24(27,28)29)11-18-34-13-40(35-18)16-2-1-8-33-19(16)21(42)37-9-7-23(44,12-37)25(30,31)32/h1-6,8,13,17,41,44H,7,9-12H2/t17-,23?/m1/s1. The Bertz CT molecular complexity index is 1740. The van der Waals surface area contributed by atoms with Crippen LogP contribution in [0.3, 0.4) is 0 Å². The van der Waals surface area contributed by atoms with Gasteiger partial charge in [0.05, 0.1) is 18.8 Å². The maximum atomic E-state index is 13.3. The molecule has 44 heavy (non-hydrogen) atoms. The molecule has 0 aliphatic carbocycles. The Labute approximate surface area is 247 Å². The van der Waals surface area contributed by atoms with Crippen LogP contribution in [-0.2, 0) is 13.1 Å². The molecule has 19 heteroatoms. The number of rotatable bonds is 7. The molecule has 3 aromatic heterocycles. The van der Waals surface area contributed by atoms with Gasteiger partial charge >= 0.3 is 18.0 Å². The zero-order valence-corrected chi connectivity index (χ0v) is 22.9. The monoisotopic (exact) mass is 646 g/mol. The van der Waals surface area contributed by atoms with E-state index in [4.69, 9.17) is 11.6 Å². The van der Waals surface area contributed by atoms with Crippen LogP contribution in [0.1, 0.15) is 22.7 Å². The summed E-state index contributed by atoms with van der Waals surface area (Å²) in [6.45, 7) is -2.96. The van der Waals surface area contributed by atoms with E-state index in [1.807, 2.05) is 0 Å². The minimum atomic E-state index is -5.02. The molecule has 1 unspecified atom stereocenters. The van der Waals surface area contributed by atoms with Crippen LogP contribution < -0.4 is 5.69 Å². The highest BCUT2D eigenvalue weighted by Crippen LogP contribution is 2.38. The Hall–Kier alpha value is -4.29. The fraction of sp³-hybridized carbons (Fsp3) is 0.360. The molecule has 0 spiro atoms. The molecule has 0 saturated carbocycles. The zero-order valence-electron chi connectivity index (χ0n) is 22.2. The molecule has 2 N–H and O–H groups in total. The number of likely N-dealkylation sites (tertiary alicyclic amines) is 1. The Morgan fingerprint density at radius 3 is 2.41 bits per heavy atom. The van der Waals surface area contributed by atoms with Gasteiger partial charge in [0.15, 0.2) is 29.0 Å². The smallest absolute Gasteiger partial charge is 0.382 e. The fourth-order valence-electron chi connectivity index (χ4n) is 4.51. The second-order valence-corrected chi connectivity index (χ2v) is 10.4. The van der Waals surface area contributed by atoms with Crippen molar-refractivity contribution < 1.29 is 41.4 Å². The highest BCUT2D eigenvalue weighted by atomic mass is 35.5. The highest BCUT2D eigenvalue weighted by Gasteiger charge is 2.58. The summed E-state index contributed by atoms with van der Waals surface area (Å²) in [6, 6.07) is 8.55. The van der Waals surface area contributed by atoms with Gasteiger partial charge in [-0.2, -0.15) is 26.3 Å². The molecule has 1 aliphatic rings. The van der Waals surface area contributed by atoms with Crippen molar-refractivity contribution >= 4 is 17.5 Å². The lowest BCUT2D eigenvalue weighted by Gasteiger charge is -2.26. The van der Waals surface area contributed by atoms with Gasteiger partial charge in [-0.15, -0.1) is 10.2 Å². The van der Waals surface area contributed by atoms with E-state index in [1.54, 1.807) is 0 Å². The summed E-state index contributed by atoms with van der Waals surface area (Å²) >= 11 is 5.89. The van der Waals surface area contributed by atoms with E-state index in [-0.39, 0.29) is 35.1 Å². The molecule has 1 fully saturated rings. The molecule has 5 rings (SSSR count). The number of aromatic nitrogens is 7. The number of hydrogen-bond donors (Lipinski definition) is 2. The van der Waals surface area contributed by atoms with Gasteiger partial charge in [0, 0.05) is 29.7 Å². The molecule has 12 nitrogen and oxygen atoms in total. The Morgan fingerprint density at radius 2 is 1.77 bits per heavy atom. The van der Waals surface area contributed by atoms with Crippen LogP contribution in [0, 0.1) is 0 Å². The molecular weight excluding hydrogens is 626 g/mol. The lowest BCUT2D eigenvalue weighted by Crippen LogP contribution is -2.48. The number of amides is 1. The third kappa shape index (κ3) is 6.04. The summed E-state index contributed by atoms with van der Waals surface area (Å²) in [7, 11) is 0. The van der Waals surface area contributed by atoms with Crippen LogP contribution in [0.15, 0.2) is 53.7 Å². The minimum absolute atomic E-state index is 0.0201. The van der Waals surface area contributed by atoms with E-state index in [2.05, 4.69) is 20.2 Å². The number of β-amino-alcohol motifs (C(OH)–C–C–N with tert-alkyl or cyclic N) is 1. The normalized spacial score (nSPS) is 18.2. The van der Waals surface area contributed by atoms with Gasteiger partial charge in [0.1, 0.15) is 12.9 Å². The van der Waals surface area contributed by atoms with E-state index in [1.165, 1.54) is 42.6 Å². The third-order valence-corrected chi connectivity index (χ3v) is 7.14. The third-order valence-electron chi connectivity index (χ3n) is 6.89. The number of carbonyl (C=O) groups excluding carboxylic acids is 1. The highest BCUT2D eigenvalue weighted by molar-refractivity contribution is 6.30. The molecule has 4 heterocycles. The number of benzene rings is 1. The molecule has 4 aromatic rings. The molecule has 1 amide bonds. The van der Waals surface area contributed by atoms with Crippen molar-refractivity contribution in [2.24, 2.45) is 0 Å². The van der Waals surface area contributed by atoms with Gasteiger partial charge in [-0.1, -0.05) is 11.6 Å². The van der Waals surface area contributed by atoms with E-state index >= 15 is 0 Å². The summed E-state index contributed by atoms with van der Waals surface area (Å²) in [5.74, 6) is -1.17. The van der Waals surface area contributed by atoms with Crippen molar-refractivity contribution in [2.45, 2.75) is 43.6 Å².